The van der Waals surface area contributed by atoms with E-state index < -0.39 is 79.1 Å². The zero-order valence-corrected chi connectivity index (χ0v) is 17.1. The Morgan fingerprint density at radius 3 is 2.17 bits per heavy atom. The summed E-state index contributed by atoms with van der Waals surface area (Å²) in [4.78, 5) is 47.8. The van der Waals surface area contributed by atoms with Gasteiger partial charge in [-0.15, -0.1) is 0 Å². The quantitative estimate of drug-likeness (QED) is 0.216. The van der Waals surface area contributed by atoms with Crippen LogP contribution in [0.4, 0.5) is 0 Å². The highest BCUT2D eigenvalue weighted by molar-refractivity contribution is 5.89. The molecule has 1 saturated heterocycles. The first kappa shape index (κ1) is 25.7. The number of nitrogens with zero attached hydrogens (tertiary/aromatic N) is 1. The molecule has 1 aliphatic rings. The Kier molecular flexibility index (Phi) is 9.11. The Labute approximate surface area is 172 Å². The van der Waals surface area contributed by atoms with Crippen LogP contribution >= 0.6 is 0 Å². The van der Waals surface area contributed by atoms with Crippen molar-refractivity contribution in [1.82, 2.24) is 10.2 Å². The first-order valence-corrected chi connectivity index (χ1v) is 9.23. The van der Waals surface area contributed by atoms with Crippen LogP contribution in [0.15, 0.2) is 0 Å². The van der Waals surface area contributed by atoms with Gasteiger partial charge in [0.25, 0.3) is 0 Å². The highest BCUT2D eigenvalue weighted by Gasteiger charge is 2.49. The van der Waals surface area contributed by atoms with E-state index in [9.17, 15) is 29.4 Å². The van der Waals surface area contributed by atoms with Crippen molar-refractivity contribution in [2.45, 2.75) is 76.5 Å². The molecule has 172 valence electrons. The van der Waals surface area contributed by atoms with Crippen LogP contribution in [0, 0.1) is 0 Å². The molecule has 13 heteroatoms. The van der Waals surface area contributed by atoms with E-state index in [1.54, 1.807) is 0 Å². The molecule has 8 atom stereocenters. The van der Waals surface area contributed by atoms with Gasteiger partial charge < -0.3 is 45.9 Å². The zero-order valence-electron chi connectivity index (χ0n) is 17.1. The van der Waals surface area contributed by atoms with Crippen LogP contribution in [0.2, 0.25) is 0 Å². The lowest BCUT2D eigenvalue weighted by molar-refractivity contribution is -0.245. The molecule has 1 aliphatic heterocycles. The summed E-state index contributed by atoms with van der Waals surface area (Å²) in [7, 11) is 0. The Bertz CT molecular complexity index is 660. The fraction of sp³-hybridized carbons (Fsp3) is 0.765. The van der Waals surface area contributed by atoms with Crippen molar-refractivity contribution < 1.29 is 49.1 Å². The molecular weight excluding hydrogens is 406 g/mol. The van der Waals surface area contributed by atoms with E-state index in [0.29, 0.717) is 0 Å². The van der Waals surface area contributed by atoms with Gasteiger partial charge in [-0.25, -0.2) is 4.79 Å². The second kappa shape index (κ2) is 10.6. The summed E-state index contributed by atoms with van der Waals surface area (Å²) in [5.41, 5.74) is 6.10. The third kappa shape index (κ3) is 5.86. The van der Waals surface area contributed by atoms with E-state index in [4.69, 9.17) is 25.4 Å². The molecule has 30 heavy (non-hydrogen) atoms. The second-order valence-corrected chi connectivity index (χ2v) is 7.07. The zero-order chi connectivity index (χ0) is 23.3. The van der Waals surface area contributed by atoms with E-state index in [1.165, 1.54) is 20.8 Å². The van der Waals surface area contributed by atoms with Crippen LogP contribution < -0.4 is 11.1 Å². The van der Waals surface area contributed by atoms with Crippen LogP contribution in [0.25, 0.3) is 0 Å². The maximum Gasteiger partial charge on any atom is 0.332 e. The van der Waals surface area contributed by atoms with Gasteiger partial charge in [-0.1, -0.05) is 0 Å². The van der Waals surface area contributed by atoms with Crippen molar-refractivity contribution in [1.29, 1.82) is 0 Å². The minimum Gasteiger partial charge on any atom is -0.480 e. The summed E-state index contributed by atoms with van der Waals surface area (Å²) in [5, 5.41) is 40.1. The minimum atomic E-state index is -1.51. The number of hydrogen-bond acceptors (Lipinski definition) is 9. The lowest BCUT2D eigenvalue weighted by atomic mass is 9.95. The molecule has 0 bridgehead atoms. The van der Waals surface area contributed by atoms with Crippen LogP contribution in [0.1, 0.15) is 27.7 Å². The topological polar surface area (TPSA) is 209 Å². The third-order valence-electron chi connectivity index (χ3n) is 4.79. The van der Waals surface area contributed by atoms with Gasteiger partial charge in [-0.2, -0.15) is 0 Å². The summed E-state index contributed by atoms with van der Waals surface area (Å²) in [5.74, 6) is -4.08. The average molecular weight is 435 g/mol. The first-order valence-electron chi connectivity index (χ1n) is 9.23. The second-order valence-electron chi connectivity index (χ2n) is 7.07. The minimum absolute atomic E-state index is 0.667. The number of aliphatic carboxylic acids is 2. The number of rotatable bonds is 9. The molecule has 0 aromatic carbocycles. The predicted molar refractivity (Wildman–Crippen MR) is 98.9 cm³/mol. The third-order valence-corrected chi connectivity index (χ3v) is 4.79. The maximum absolute atomic E-state index is 12.4. The van der Waals surface area contributed by atoms with Gasteiger partial charge in [0.15, 0.2) is 12.3 Å². The van der Waals surface area contributed by atoms with E-state index in [0.717, 1.165) is 11.8 Å². The molecule has 0 spiro atoms. The van der Waals surface area contributed by atoms with Gasteiger partial charge in [-0.05, 0) is 20.8 Å². The van der Waals surface area contributed by atoms with Crippen LogP contribution in [0.5, 0.6) is 0 Å². The SMILES string of the molecule is CC(=O)N(C1O[C@H](CO)[C@@H](O)[C@H](O[C@H](C)C(=O)O)[C@H]1N)[C@@H](C)C(=O)N[C@@H](C)C(=O)O. The van der Waals surface area contributed by atoms with E-state index >= 15 is 0 Å². The molecule has 1 fully saturated rings. The smallest absolute Gasteiger partial charge is 0.332 e. The van der Waals surface area contributed by atoms with Gasteiger partial charge in [0.1, 0.15) is 30.4 Å². The van der Waals surface area contributed by atoms with Crippen LogP contribution in [-0.4, -0.2) is 104 Å². The van der Waals surface area contributed by atoms with Crippen molar-refractivity contribution in [2.24, 2.45) is 5.73 Å². The van der Waals surface area contributed by atoms with Crippen molar-refractivity contribution in [2.75, 3.05) is 6.61 Å². The number of carboxylic acids is 2. The van der Waals surface area contributed by atoms with Gasteiger partial charge in [0.05, 0.1) is 12.6 Å². The van der Waals surface area contributed by atoms with Crippen molar-refractivity contribution in [3.05, 3.63) is 0 Å². The first-order chi connectivity index (χ1) is 13.8. The van der Waals surface area contributed by atoms with Crippen molar-refractivity contribution in [3.63, 3.8) is 0 Å². The predicted octanol–water partition coefficient (Wildman–Crippen LogP) is -2.92. The largest absolute Gasteiger partial charge is 0.480 e. The Balaban J connectivity index is 3.19. The molecule has 0 radical (unpaired) electrons. The molecule has 0 aromatic rings. The summed E-state index contributed by atoms with van der Waals surface area (Å²) < 4.78 is 10.9. The number of ether oxygens (including phenoxy) is 2. The number of carbonyl (C=O) groups excluding carboxylic acids is 2. The molecular formula is C17H29N3O10. The highest BCUT2D eigenvalue weighted by Crippen LogP contribution is 2.27. The number of aliphatic hydroxyl groups is 2. The van der Waals surface area contributed by atoms with E-state index in [1.807, 2.05) is 0 Å². The Hall–Kier alpha value is -2.32. The molecule has 2 amide bonds. The molecule has 0 aromatic heterocycles. The number of hydrogen-bond donors (Lipinski definition) is 6. The van der Waals surface area contributed by atoms with E-state index in [2.05, 4.69) is 5.32 Å². The lowest BCUT2D eigenvalue weighted by Gasteiger charge is -2.48. The molecule has 1 unspecified atom stereocenters. The number of carbonyl (C=O) groups is 4. The normalized spacial score (nSPS) is 29.4. The molecule has 0 saturated carbocycles. The number of nitrogens with one attached hydrogen (secondary N) is 1. The Morgan fingerprint density at radius 2 is 1.73 bits per heavy atom. The molecule has 13 nitrogen and oxygen atoms in total. The summed E-state index contributed by atoms with van der Waals surface area (Å²) in [6.45, 7) is 4.19. The summed E-state index contributed by atoms with van der Waals surface area (Å²) in [6.07, 6.45) is -6.88. The standard InChI is InChI=1S/C17H29N3O10/c1-6(16(25)26)19-14(24)7(2)20(9(4)22)15-11(18)13(29-8(3)17(27)28)12(23)10(5-21)30-15/h6-8,10-13,15,21,23H,5,18H2,1-4H3,(H,19,24)(H,25,26)(H,27,28)/t6-,7-,8+,10+,11+,12+,13+,15?/m0/s1. The monoisotopic (exact) mass is 435 g/mol. The fourth-order valence-electron chi connectivity index (χ4n) is 3.01. The molecule has 1 rings (SSSR count). The molecule has 1 heterocycles. The van der Waals surface area contributed by atoms with E-state index in [-0.39, 0.29) is 0 Å². The van der Waals surface area contributed by atoms with Crippen LogP contribution in [-0.2, 0) is 28.7 Å². The molecule has 7 N–H and O–H groups in total. The van der Waals surface area contributed by atoms with Crippen molar-refractivity contribution >= 4 is 23.8 Å². The average Bonchev–Trinajstić information content (AvgIpc) is 2.65. The van der Waals surface area contributed by atoms with Crippen LogP contribution in [0.3, 0.4) is 0 Å². The number of nitrogens with two attached hydrogens (primary N) is 1. The van der Waals surface area contributed by atoms with Gasteiger partial charge in [-0.3, -0.25) is 14.4 Å². The van der Waals surface area contributed by atoms with Gasteiger partial charge in [0.2, 0.25) is 11.8 Å². The van der Waals surface area contributed by atoms with Crippen molar-refractivity contribution in [3.8, 4) is 0 Å². The number of carboxylic acid groups (broad SMARTS) is 2. The summed E-state index contributed by atoms with van der Waals surface area (Å²) in [6, 6.07) is -3.76. The molecule has 0 aliphatic carbocycles. The van der Waals surface area contributed by atoms with Gasteiger partial charge in [0, 0.05) is 6.92 Å². The fourth-order valence-corrected chi connectivity index (χ4v) is 3.01. The maximum atomic E-state index is 12.4. The summed E-state index contributed by atoms with van der Waals surface area (Å²) >= 11 is 0. The van der Waals surface area contributed by atoms with Gasteiger partial charge >= 0.3 is 11.9 Å². The highest BCUT2D eigenvalue weighted by atomic mass is 16.6. The number of aliphatic hydroxyl groups excluding tert-OH is 2. The lowest BCUT2D eigenvalue weighted by Crippen LogP contribution is -2.70. The number of amides is 2. The Morgan fingerprint density at radius 1 is 1.17 bits per heavy atom.